The quantitative estimate of drug-likeness (QED) is 0.253. The van der Waals surface area contributed by atoms with Crippen LogP contribution < -0.4 is 0 Å². The second-order valence-electron chi connectivity index (χ2n) is 7.21. The van der Waals surface area contributed by atoms with Crippen LogP contribution in [-0.2, 0) is 9.47 Å². The molecule has 1 aliphatic carbocycles. The van der Waals surface area contributed by atoms with Crippen molar-refractivity contribution in [2.45, 2.75) is 39.4 Å². The molecule has 0 atom stereocenters. The SMILES string of the molecule is CCOC(OCC)C1=CCCC(C(=O)c2ccccc2)(C(=O)c2ccccc2)C1. The van der Waals surface area contributed by atoms with Gasteiger partial charge in [0.15, 0.2) is 17.9 Å². The van der Waals surface area contributed by atoms with Gasteiger partial charge in [-0.05, 0) is 38.7 Å². The highest BCUT2D eigenvalue weighted by Crippen LogP contribution is 2.43. The van der Waals surface area contributed by atoms with Crippen molar-refractivity contribution in [1.29, 1.82) is 0 Å². The average Bonchev–Trinajstić information content (AvgIpc) is 2.79. The van der Waals surface area contributed by atoms with Crippen LogP contribution in [0.3, 0.4) is 0 Å². The van der Waals surface area contributed by atoms with E-state index in [2.05, 4.69) is 6.08 Å². The first kappa shape index (κ1) is 21.2. The number of ether oxygens (including phenoxy) is 2. The van der Waals surface area contributed by atoms with Crippen LogP contribution in [0.4, 0.5) is 0 Å². The van der Waals surface area contributed by atoms with Gasteiger partial charge in [-0.3, -0.25) is 9.59 Å². The summed E-state index contributed by atoms with van der Waals surface area (Å²) in [5.41, 5.74) is 0.831. The molecule has 2 aromatic rings. The van der Waals surface area contributed by atoms with Crippen molar-refractivity contribution in [3.8, 4) is 0 Å². The monoisotopic (exact) mass is 392 g/mol. The number of allylic oxidation sites excluding steroid dienone is 1. The zero-order chi connectivity index (χ0) is 20.7. The molecule has 4 heteroatoms. The molecule has 152 valence electrons. The van der Waals surface area contributed by atoms with E-state index >= 15 is 0 Å². The normalized spacial score (nSPS) is 15.8. The van der Waals surface area contributed by atoms with E-state index in [1.807, 2.05) is 50.2 Å². The van der Waals surface area contributed by atoms with Gasteiger partial charge >= 0.3 is 0 Å². The molecule has 0 amide bonds. The zero-order valence-electron chi connectivity index (χ0n) is 17.1. The Morgan fingerprint density at radius 1 is 0.862 bits per heavy atom. The summed E-state index contributed by atoms with van der Waals surface area (Å²) < 4.78 is 11.5. The maximum atomic E-state index is 13.7. The van der Waals surface area contributed by atoms with Crippen LogP contribution in [0, 0.1) is 5.41 Å². The number of benzene rings is 2. The van der Waals surface area contributed by atoms with Gasteiger partial charge in [0, 0.05) is 24.3 Å². The van der Waals surface area contributed by atoms with Gasteiger partial charge in [0.2, 0.25) is 0 Å². The highest BCUT2D eigenvalue weighted by molar-refractivity contribution is 6.20. The fourth-order valence-corrected chi connectivity index (χ4v) is 3.98. The molecule has 4 nitrogen and oxygen atoms in total. The van der Waals surface area contributed by atoms with Crippen LogP contribution >= 0.6 is 0 Å². The summed E-state index contributed by atoms with van der Waals surface area (Å²) in [6.45, 7) is 4.81. The Kier molecular flexibility index (Phi) is 7.13. The Labute approximate surface area is 172 Å². The Morgan fingerprint density at radius 2 is 1.34 bits per heavy atom. The Bertz CT molecular complexity index is 797. The van der Waals surface area contributed by atoms with E-state index in [4.69, 9.17) is 9.47 Å². The van der Waals surface area contributed by atoms with E-state index in [0.29, 0.717) is 43.6 Å². The third-order valence-electron chi connectivity index (χ3n) is 5.36. The molecule has 29 heavy (non-hydrogen) atoms. The Morgan fingerprint density at radius 3 is 1.79 bits per heavy atom. The first-order chi connectivity index (χ1) is 14.1. The number of hydrogen-bond acceptors (Lipinski definition) is 4. The van der Waals surface area contributed by atoms with Gasteiger partial charge in [0.25, 0.3) is 0 Å². The van der Waals surface area contributed by atoms with Crippen molar-refractivity contribution >= 4 is 11.6 Å². The molecule has 0 fully saturated rings. The maximum absolute atomic E-state index is 13.7. The summed E-state index contributed by atoms with van der Waals surface area (Å²) in [6.07, 6.45) is 2.94. The second kappa shape index (κ2) is 9.77. The molecule has 1 aliphatic rings. The summed E-state index contributed by atoms with van der Waals surface area (Å²) in [5.74, 6) is -0.270. The van der Waals surface area contributed by atoms with Crippen molar-refractivity contribution in [2.24, 2.45) is 5.41 Å². The van der Waals surface area contributed by atoms with Crippen molar-refractivity contribution in [3.05, 3.63) is 83.4 Å². The van der Waals surface area contributed by atoms with Crippen molar-refractivity contribution in [2.75, 3.05) is 13.2 Å². The average molecular weight is 392 g/mol. The predicted octanol–water partition coefficient (Wildman–Crippen LogP) is 5.25. The Balaban J connectivity index is 2.03. The summed E-state index contributed by atoms with van der Waals surface area (Å²) >= 11 is 0. The molecule has 0 saturated heterocycles. The highest BCUT2D eigenvalue weighted by Gasteiger charge is 2.48. The largest absolute Gasteiger partial charge is 0.349 e. The minimum atomic E-state index is -1.15. The maximum Gasteiger partial charge on any atom is 0.179 e. The number of hydrogen-bond donors (Lipinski definition) is 0. The topological polar surface area (TPSA) is 52.6 Å². The third kappa shape index (κ3) is 4.55. The van der Waals surface area contributed by atoms with E-state index in [0.717, 1.165) is 5.57 Å². The number of Topliss-reactive ketones (excluding diaryl/α,β-unsaturated/α-hetero) is 2. The van der Waals surface area contributed by atoms with Crippen LogP contribution in [-0.4, -0.2) is 31.1 Å². The van der Waals surface area contributed by atoms with Gasteiger partial charge < -0.3 is 9.47 Å². The number of ketones is 2. The fourth-order valence-electron chi connectivity index (χ4n) is 3.98. The van der Waals surface area contributed by atoms with Crippen molar-refractivity contribution in [3.63, 3.8) is 0 Å². The molecule has 2 aromatic carbocycles. The van der Waals surface area contributed by atoms with Gasteiger partial charge in [-0.15, -0.1) is 0 Å². The minimum Gasteiger partial charge on any atom is -0.349 e. The van der Waals surface area contributed by atoms with Crippen LogP contribution in [0.25, 0.3) is 0 Å². The molecule has 0 saturated carbocycles. The van der Waals surface area contributed by atoms with Gasteiger partial charge in [0.1, 0.15) is 5.41 Å². The summed E-state index contributed by atoms with van der Waals surface area (Å²) in [7, 11) is 0. The summed E-state index contributed by atoms with van der Waals surface area (Å²) in [6, 6.07) is 18.2. The van der Waals surface area contributed by atoms with E-state index in [-0.39, 0.29) is 11.6 Å². The smallest absolute Gasteiger partial charge is 0.179 e. The van der Waals surface area contributed by atoms with Crippen LogP contribution in [0.1, 0.15) is 53.8 Å². The molecule has 0 spiro atoms. The number of carbonyl (C=O) groups is 2. The second-order valence-corrected chi connectivity index (χ2v) is 7.21. The van der Waals surface area contributed by atoms with E-state index < -0.39 is 11.7 Å². The van der Waals surface area contributed by atoms with Gasteiger partial charge in [0.05, 0.1) is 0 Å². The molecule has 0 unspecified atom stereocenters. The standard InChI is InChI=1S/C25H28O4/c1-3-28-24(29-4-2)21-16-11-17-25(18-21,22(26)19-12-7-5-8-13-19)23(27)20-14-9-6-10-15-20/h5-10,12-16,24H,3-4,11,17-18H2,1-2H3. The summed E-state index contributed by atoms with van der Waals surface area (Å²) in [5, 5.41) is 0. The molecular weight excluding hydrogens is 364 g/mol. The van der Waals surface area contributed by atoms with Crippen LogP contribution in [0.5, 0.6) is 0 Å². The number of rotatable bonds is 9. The molecule has 0 radical (unpaired) electrons. The molecule has 0 heterocycles. The lowest BCUT2D eigenvalue weighted by Gasteiger charge is -2.36. The molecule has 3 rings (SSSR count). The van der Waals surface area contributed by atoms with E-state index in [1.54, 1.807) is 24.3 Å². The molecule has 0 bridgehead atoms. The first-order valence-corrected chi connectivity index (χ1v) is 10.2. The molecule has 0 aliphatic heterocycles. The van der Waals surface area contributed by atoms with Crippen LogP contribution in [0.15, 0.2) is 72.3 Å². The summed E-state index contributed by atoms with van der Waals surface area (Å²) in [4.78, 5) is 27.4. The van der Waals surface area contributed by atoms with Crippen molar-refractivity contribution in [1.82, 2.24) is 0 Å². The van der Waals surface area contributed by atoms with Crippen LogP contribution in [0.2, 0.25) is 0 Å². The lowest BCUT2D eigenvalue weighted by atomic mass is 9.65. The lowest BCUT2D eigenvalue weighted by molar-refractivity contribution is -0.114. The number of carbonyl (C=O) groups excluding carboxylic acids is 2. The Hall–Kier alpha value is -2.56. The predicted molar refractivity (Wildman–Crippen MR) is 113 cm³/mol. The minimum absolute atomic E-state index is 0.135. The van der Waals surface area contributed by atoms with E-state index in [9.17, 15) is 9.59 Å². The van der Waals surface area contributed by atoms with E-state index in [1.165, 1.54) is 0 Å². The van der Waals surface area contributed by atoms with Crippen molar-refractivity contribution < 1.29 is 19.1 Å². The van der Waals surface area contributed by atoms with Gasteiger partial charge in [-0.25, -0.2) is 0 Å². The zero-order valence-corrected chi connectivity index (χ0v) is 17.1. The molecule has 0 aromatic heterocycles. The van der Waals surface area contributed by atoms with Gasteiger partial charge in [-0.2, -0.15) is 0 Å². The third-order valence-corrected chi connectivity index (χ3v) is 5.36. The molecule has 0 N–H and O–H groups in total. The first-order valence-electron chi connectivity index (χ1n) is 10.2. The molecular formula is C25H28O4. The highest BCUT2D eigenvalue weighted by atomic mass is 16.7. The fraction of sp³-hybridized carbons (Fsp3) is 0.360. The lowest BCUT2D eigenvalue weighted by Crippen LogP contribution is -2.43. The van der Waals surface area contributed by atoms with Gasteiger partial charge in [-0.1, -0.05) is 66.7 Å².